The van der Waals surface area contributed by atoms with Crippen LogP contribution in [-0.4, -0.2) is 35.2 Å². The third-order valence-electron chi connectivity index (χ3n) is 4.27. The van der Waals surface area contributed by atoms with Crippen LogP contribution in [0.2, 0.25) is 5.02 Å². The van der Waals surface area contributed by atoms with Gasteiger partial charge in [-0.1, -0.05) is 16.8 Å². The van der Waals surface area contributed by atoms with Gasteiger partial charge < -0.3 is 24.1 Å². The lowest BCUT2D eigenvalue weighted by Gasteiger charge is -2.14. The van der Waals surface area contributed by atoms with Gasteiger partial charge in [-0.05, 0) is 44.2 Å². The monoisotopic (exact) mass is 475 g/mol. The number of halogens is 1. The van der Waals surface area contributed by atoms with Crippen molar-refractivity contribution in [2.24, 2.45) is 0 Å². The van der Waals surface area contributed by atoms with Crippen molar-refractivity contribution in [3.8, 4) is 17.2 Å². The van der Waals surface area contributed by atoms with E-state index in [0.717, 1.165) is 6.07 Å². The number of aromatic nitrogens is 1. The SMILES string of the molecule is COc1cc(C(=O)OC(C)C(=O)Nc2cc(C)on2)ccc1Oc1ccc(Cl)cc1[N+](=O)[O-]. The van der Waals surface area contributed by atoms with Gasteiger partial charge in [0.15, 0.2) is 23.4 Å². The van der Waals surface area contributed by atoms with Crippen LogP contribution in [-0.2, 0) is 9.53 Å². The van der Waals surface area contributed by atoms with Gasteiger partial charge in [-0.15, -0.1) is 0 Å². The van der Waals surface area contributed by atoms with E-state index in [0.29, 0.717) is 5.76 Å². The Hall–Kier alpha value is -4.12. The number of nitrogens with zero attached hydrogens (tertiary/aromatic N) is 2. The van der Waals surface area contributed by atoms with E-state index in [1.807, 2.05) is 0 Å². The van der Waals surface area contributed by atoms with Crippen molar-refractivity contribution in [3.05, 3.63) is 68.9 Å². The van der Waals surface area contributed by atoms with E-state index in [1.165, 1.54) is 50.4 Å². The number of anilines is 1. The van der Waals surface area contributed by atoms with Gasteiger partial charge in [-0.25, -0.2) is 4.79 Å². The molecule has 2 aromatic carbocycles. The first-order chi connectivity index (χ1) is 15.7. The summed E-state index contributed by atoms with van der Waals surface area (Å²) in [4.78, 5) is 35.3. The molecule has 0 spiro atoms. The number of carbonyl (C=O) groups excluding carboxylic acids is 2. The smallest absolute Gasteiger partial charge is 0.339 e. The third kappa shape index (κ3) is 5.77. The highest BCUT2D eigenvalue weighted by Crippen LogP contribution is 2.38. The van der Waals surface area contributed by atoms with Crippen LogP contribution in [0.5, 0.6) is 17.2 Å². The Morgan fingerprint density at radius 1 is 1.15 bits per heavy atom. The van der Waals surface area contributed by atoms with Crippen LogP contribution in [0, 0.1) is 17.0 Å². The van der Waals surface area contributed by atoms with Crippen LogP contribution in [0.4, 0.5) is 11.5 Å². The van der Waals surface area contributed by atoms with E-state index in [2.05, 4.69) is 10.5 Å². The molecule has 1 atom stereocenters. The van der Waals surface area contributed by atoms with Gasteiger partial charge in [0.2, 0.25) is 5.75 Å². The fraction of sp³-hybridized carbons (Fsp3) is 0.190. The molecule has 11 nitrogen and oxygen atoms in total. The second kappa shape index (κ2) is 10.0. The highest BCUT2D eigenvalue weighted by molar-refractivity contribution is 6.30. The summed E-state index contributed by atoms with van der Waals surface area (Å²) in [5.41, 5.74) is -0.267. The average molecular weight is 476 g/mol. The number of nitro groups is 1. The maximum absolute atomic E-state index is 12.5. The number of amides is 1. The van der Waals surface area contributed by atoms with Gasteiger partial charge in [-0.2, -0.15) is 0 Å². The van der Waals surface area contributed by atoms with E-state index >= 15 is 0 Å². The minimum Gasteiger partial charge on any atom is -0.493 e. The van der Waals surface area contributed by atoms with Gasteiger partial charge in [-0.3, -0.25) is 14.9 Å². The molecular weight excluding hydrogens is 458 g/mol. The molecule has 172 valence electrons. The topological polar surface area (TPSA) is 143 Å². The molecule has 0 aliphatic heterocycles. The molecule has 1 amide bonds. The van der Waals surface area contributed by atoms with Gasteiger partial charge >= 0.3 is 11.7 Å². The highest BCUT2D eigenvalue weighted by Gasteiger charge is 2.22. The van der Waals surface area contributed by atoms with Crippen LogP contribution in [0.25, 0.3) is 0 Å². The number of aryl methyl sites for hydroxylation is 1. The summed E-state index contributed by atoms with van der Waals surface area (Å²) in [6, 6.07) is 9.53. The minimum atomic E-state index is -1.13. The fourth-order valence-corrected chi connectivity index (χ4v) is 2.82. The van der Waals surface area contributed by atoms with Crippen LogP contribution >= 0.6 is 11.6 Å². The first-order valence-corrected chi connectivity index (χ1v) is 9.80. The van der Waals surface area contributed by atoms with Gasteiger partial charge in [0.05, 0.1) is 17.6 Å². The Labute approximate surface area is 192 Å². The van der Waals surface area contributed by atoms with Crippen molar-refractivity contribution in [2.45, 2.75) is 20.0 Å². The Morgan fingerprint density at radius 3 is 2.52 bits per heavy atom. The molecule has 1 heterocycles. The predicted molar refractivity (Wildman–Crippen MR) is 116 cm³/mol. The van der Waals surface area contributed by atoms with E-state index < -0.39 is 22.9 Å². The number of nitrogens with one attached hydrogen (secondary N) is 1. The van der Waals surface area contributed by atoms with Crippen molar-refractivity contribution in [3.63, 3.8) is 0 Å². The predicted octanol–water partition coefficient (Wildman–Crippen LogP) is 4.53. The minimum absolute atomic E-state index is 0.0635. The maximum Gasteiger partial charge on any atom is 0.339 e. The fourth-order valence-electron chi connectivity index (χ4n) is 2.65. The number of ether oxygens (including phenoxy) is 3. The molecule has 0 fully saturated rings. The molecule has 12 heteroatoms. The van der Waals surface area contributed by atoms with Crippen molar-refractivity contribution in [1.82, 2.24) is 5.16 Å². The van der Waals surface area contributed by atoms with Crippen LogP contribution in [0.1, 0.15) is 23.0 Å². The molecule has 0 radical (unpaired) electrons. The Kier molecular flexibility index (Phi) is 7.13. The Morgan fingerprint density at radius 2 is 1.88 bits per heavy atom. The van der Waals surface area contributed by atoms with E-state index in [-0.39, 0.29) is 39.3 Å². The molecule has 33 heavy (non-hydrogen) atoms. The Balaban J connectivity index is 1.73. The number of hydrogen-bond donors (Lipinski definition) is 1. The first-order valence-electron chi connectivity index (χ1n) is 9.43. The molecular formula is C21H18ClN3O8. The van der Waals surface area contributed by atoms with Gasteiger partial charge in [0, 0.05) is 17.2 Å². The van der Waals surface area contributed by atoms with Crippen molar-refractivity contribution >= 4 is 35.0 Å². The molecule has 0 aliphatic rings. The molecule has 1 N–H and O–H groups in total. The summed E-state index contributed by atoms with van der Waals surface area (Å²) in [7, 11) is 1.34. The lowest BCUT2D eigenvalue weighted by molar-refractivity contribution is -0.385. The standard InChI is InChI=1S/C21H18ClN3O8/c1-11-8-19(24-33-11)23-20(26)12(2)31-21(27)13-4-6-17(18(9-13)30-3)32-16-7-5-14(22)10-15(16)25(28)29/h4-10,12H,1-3H3,(H,23,24,26). The van der Waals surface area contributed by atoms with Gasteiger partial charge in [0.1, 0.15) is 5.76 Å². The zero-order valence-corrected chi connectivity index (χ0v) is 18.4. The summed E-state index contributed by atoms with van der Waals surface area (Å²) in [5.74, 6) is -0.523. The molecule has 1 unspecified atom stereocenters. The number of hydrogen-bond acceptors (Lipinski definition) is 9. The molecule has 0 saturated heterocycles. The highest BCUT2D eigenvalue weighted by atomic mass is 35.5. The molecule has 0 saturated carbocycles. The molecule has 0 aliphatic carbocycles. The lowest BCUT2D eigenvalue weighted by Crippen LogP contribution is -2.30. The zero-order valence-electron chi connectivity index (χ0n) is 17.7. The van der Waals surface area contributed by atoms with Crippen LogP contribution in [0.3, 0.4) is 0 Å². The van der Waals surface area contributed by atoms with E-state index in [4.69, 9.17) is 30.3 Å². The first kappa shape index (κ1) is 23.5. The van der Waals surface area contributed by atoms with Crippen LogP contribution in [0.15, 0.2) is 47.0 Å². The molecule has 3 rings (SSSR count). The average Bonchev–Trinajstić information content (AvgIpc) is 3.19. The number of nitro benzene ring substituents is 1. The number of esters is 1. The summed E-state index contributed by atoms with van der Waals surface area (Å²) in [6.07, 6.45) is -1.13. The number of carbonyl (C=O) groups is 2. The zero-order chi connectivity index (χ0) is 24.1. The van der Waals surface area contributed by atoms with Crippen LogP contribution < -0.4 is 14.8 Å². The largest absolute Gasteiger partial charge is 0.493 e. The summed E-state index contributed by atoms with van der Waals surface area (Å²) >= 11 is 5.82. The quantitative estimate of drug-likeness (QED) is 0.282. The van der Waals surface area contributed by atoms with Crippen molar-refractivity contribution in [2.75, 3.05) is 12.4 Å². The molecule has 3 aromatic rings. The number of rotatable bonds is 8. The summed E-state index contributed by atoms with van der Waals surface area (Å²) in [6.45, 7) is 3.06. The molecule has 1 aromatic heterocycles. The number of methoxy groups -OCH3 is 1. The van der Waals surface area contributed by atoms with E-state index in [9.17, 15) is 19.7 Å². The van der Waals surface area contributed by atoms with Crippen molar-refractivity contribution < 1.29 is 33.2 Å². The normalized spacial score (nSPS) is 11.4. The van der Waals surface area contributed by atoms with Crippen molar-refractivity contribution in [1.29, 1.82) is 0 Å². The van der Waals surface area contributed by atoms with Gasteiger partial charge in [0.25, 0.3) is 5.91 Å². The number of benzene rings is 2. The summed E-state index contributed by atoms with van der Waals surface area (Å²) in [5, 5.41) is 17.5. The summed E-state index contributed by atoms with van der Waals surface area (Å²) < 4.78 is 20.9. The third-order valence-corrected chi connectivity index (χ3v) is 4.50. The maximum atomic E-state index is 12.5. The second-order valence-electron chi connectivity index (χ2n) is 6.70. The Bertz CT molecular complexity index is 1210. The van der Waals surface area contributed by atoms with E-state index in [1.54, 1.807) is 6.92 Å². The molecule has 0 bridgehead atoms. The lowest BCUT2D eigenvalue weighted by atomic mass is 10.2. The second-order valence-corrected chi connectivity index (χ2v) is 7.13.